The minimum Gasteiger partial charge on any atom is -0.376 e. The summed E-state index contributed by atoms with van der Waals surface area (Å²) >= 11 is 0. The highest BCUT2D eigenvalue weighted by Crippen LogP contribution is 2.17. The lowest BCUT2D eigenvalue weighted by molar-refractivity contribution is 0.111. The van der Waals surface area contributed by atoms with E-state index < -0.39 is 9.84 Å². The molecule has 2 amide bonds. The van der Waals surface area contributed by atoms with Gasteiger partial charge in [0.25, 0.3) is 0 Å². The molecule has 0 radical (unpaired) electrons. The zero-order valence-electron chi connectivity index (χ0n) is 10.4. The molecule has 2 N–H and O–H groups in total. The molecule has 104 valence electrons. The Bertz CT molecular complexity index is 390. The van der Waals surface area contributed by atoms with Gasteiger partial charge in [0.05, 0.1) is 17.6 Å². The summed E-state index contributed by atoms with van der Waals surface area (Å²) in [7, 11) is -2.86. The third kappa shape index (κ3) is 4.13. The zero-order chi connectivity index (χ0) is 13.0. The first-order valence-electron chi connectivity index (χ1n) is 6.39. The number of rotatable bonds is 4. The molecule has 18 heavy (non-hydrogen) atoms. The lowest BCUT2D eigenvalue weighted by Crippen LogP contribution is -2.41. The standard InChI is InChI=1S/C11H20N2O4S/c14-11(13-7-10-2-1-4-17-10)12-6-9-3-5-18(15,16)8-9/h9-10H,1-8H2,(H2,12,13,14)/t9-,10+/m0/s1. The molecule has 2 aliphatic rings. The molecule has 0 aromatic carbocycles. The highest BCUT2D eigenvalue weighted by molar-refractivity contribution is 7.91. The number of amides is 2. The van der Waals surface area contributed by atoms with Crippen LogP contribution < -0.4 is 10.6 Å². The van der Waals surface area contributed by atoms with E-state index in [9.17, 15) is 13.2 Å². The van der Waals surface area contributed by atoms with Crippen LogP contribution in [-0.2, 0) is 14.6 Å². The van der Waals surface area contributed by atoms with E-state index in [1.165, 1.54) is 0 Å². The Morgan fingerprint density at radius 2 is 2.00 bits per heavy atom. The first-order chi connectivity index (χ1) is 8.55. The average molecular weight is 276 g/mol. The van der Waals surface area contributed by atoms with Crippen molar-refractivity contribution in [2.45, 2.75) is 25.4 Å². The van der Waals surface area contributed by atoms with Gasteiger partial charge in [-0.1, -0.05) is 0 Å². The minimum atomic E-state index is -2.86. The van der Waals surface area contributed by atoms with E-state index >= 15 is 0 Å². The van der Waals surface area contributed by atoms with Gasteiger partial charge in [-0.25, -0.2) is 13.2 Å². The topological polar surface area (TPSA) is 84.5 Å². The molecule has 2 saturated heterocycles. The molecule has 6 nitrogen and oxygen atoms in total. The van der Waals surface area contributed by atoms with Gasteiger partial charge in [-0.2, -0.15) is 0 Å². The molecule has 2 rings (SSSR count). The van der Waals surface area contributed by atoms with Crippen LogP contribution in [-0.4, -0.2) is 51.8 Å². The van der Waals surface area contributed by atoms with Crippen LogP contribution in [0.1, 0.15) is 19.3 Å². The third-order valence-electron chi connectivity index (χ3n) is 3.39. The van der Waals surface area contributed by atoms with Crippen LogP contribution in [0.25, 0.3) is 0 Å². The molecule has 2 heterocycles. The van der Waals surface area contributed by atoms with Crippen LogP contribution in [0.5, 0.6) is 0 Å². The molecule has 0 saturated carbocycles. The second-order valence-corrected chi connectivity index (χ2v) is 7.22. The molecule has 0 unspecified atom stereocenters. The highest BCUT2D eigenvalue weighted by atomic mass is 32.2. The predicted octanol–water partition coefficient (Wildman–Crippen LogP) is -0.101. The molecule has 7 heteroatoms. The van der Waals surface area contributed by atoms with E-state index in [-0.39, 0.29) is 29.6 Å². The molecular formula is C11H20N2O4S. The van der Waals surface area contributed by atoms with Crippen molar-refractivity contribution in [3.8, 4) is 0 Å². The monoisotopic (exact) mass is 276 g/mol. The van der Waals surface area contributed by atoms with Crippen molar-refractivity contribution < 1.29 is 17.9 Å². The summed E-state index contributed by atoms with van der Waals surface area (Å²) in [5, 5.41) is 5.46. The lowest BCUT2D eigenvalue weighted by atomic mass is 10.1. The van der Waals surface area contributed by atoms with Crippen molar-refractivity contribution in [1.82, 2.24) is 10.6 Å². The Morgan fingerprint density at radius 3 is 2.61 bits per heavy atom. The predicted molar refractivity (Wildman–Crippen MR) is 67.1 cm³/mol. The molecule has 0 aromatic heterocycles. The van der Waals surface area contributed by atoms with Gasteiger partial charge in [-0.05, 0) is 25.2 Å². The second kappa shape index (κ2) is 5.88. The van der Waals surface area contributed by atoms with Crippen molar-refractivity contribution in [3.63, 3.8) is 0 Å². The van der Waals surface area contributed by atoms with Gasteiger partial charge >= 0.3 is 6.03 Å². The number of nitrogens with one attached hydrogen (secondary N) is 2. The quantitative estimate of drug-likeness (QED) is 0.751. The lowest BCUT2D eigenvalue weighted by Gasteiger charge is -2.13. The Labute approximate surface area is 107 Å². The van der Waals surface area contributed by atoms with Crippen LogP contribution in [0, 0.1) is 5.92 Å². The van der Waals surface area contributed by atoms with E-state index in [0.717, 1.165) is 19.4 Å². The number of hydrogen-bond acceptors (Lipinski definition) is 4. The fourth-order valence-electron chi connectivity index (χ4n) is 2.34. The molecule has 0 aliphatic carbocycles. The van der Waals surface area contributed by atoms with Crippen molar-refractivity contribution >= 4 is 15.9 Å². The Morgan fingerprint density at radius 1 is 1.22 bits per heavy atom. The number of urea groups is 1. The Hall–Kier alpha value is -0.820. The van der Waals surface area contributed by atoms with E-state index in [0.29, 0.717) is 19.5 Å². The van der Waals surface area contributed by atoms with Gasteiger partial charge in [0.2, 0.25) is 0 Å². The van der Waals surface area contributed by atoms with Gasteiger partial charge in [-0.3, -0.25) is 0 Å². The van der Waals surface area contributed by atoms with E-state index in [1.54, 1.807) is 0 Å². The molecular weight excluding hydrogens is 256 g/mol. The summed E-state index contributed by atoms with van der Waals surface area (Å²) in [6, 6.07) is -0.241. The number of carbonyl (C=O) groups excluding carboxylic acids is 1. The molecule has 2 aliphatic heterocycles. The summed E-state index contributed by atoms with van der Waals surface area (Å²) in [5.74, 6) is 0.499. The maximum atomic E-state index is 11.5. The maximum Gasteiger partial charge on any atom is 0.314 e. The molecule has 0 spiro atoms. The molecule has 2 fully saturated rings. The number of hydrogen-bond donors (Lipinski definition) is 2. The van der Waals surface area contributed by atoms with Crippen LogP contribution >= 0.6 is 0 Å². The summed E-state index contributed by atoms with van der Waals surface area (Å²) in [5.41, 5.74) is 0. The van der Waals surface area contributed by atoms with Gasteiger partial charge in [-0.15, -0.1) is 0 Å². The van der Waals surface area contributed by atoms with Gasteiger partial charge in [0.1, 0.15) is 0 Å². The van der Waals surface area contributed by atoms with Crippen molar-refractivity contribution in [2.75, 3.05) is 31.2 Å². The first kappa shape index (κ1) is 13.6. The van der Waals surface area contributed by atoms with E-state index in [1.807, 2.05) is 0 Å². The number of ether oxygens (including phenoxy) is 1. The van der Waals surface area contributed by atoms with Crippen LogP contribution in [0.15, 0.2) is 0 Å². The minimum absolute atomic E-state index is 0.0588. The van der Waals surface area contributed by atoms with Crippen LogP contribution in [0.2, 0.25) is 0 Å². The number of carbonyl (C=O) groups is 1. The SMILES string of the molecule is O=C(NC[C@@H]1CCS(=O)(=O)C1)NC[C@H]1CCCO1. The summed E-state index contributed by atoms with van der Waals surface area (Å²) < 4.78 is 27.9. The van der Waals surface area contributed by atoms with Gasteiger partial charge in [0, 0.05) is 19.7 Å². The van der Waals surface area contributed by atoms with Crippen molar-refractivity contribution in [3.05, 3.63) is 0 Å². The van der Waals surface area contributed by atoms with E-state index in [4.69, 9.17) is 4.74 Å². The van der Waals surface area contributed by atoms with Crippen molar-refractivity contribution in [2.24, 2.45) is 5.92 Å². The van der Waals surface area contributed by atoms with Crippen molar-refractivity contribution in [1.29, 1.82) is 0 Å². The fraction of sp³-hybridized carbons (Fsp3) is 0.909. The van der Waals surface area contributed by atoms with Crippen LogP contribution in [0.3, 0.4) is 0 Å². The smallest absolute Gasteiger partial charge is 0.314 e. The largest absolute Gasteiger partial charge is 0.376 e. The summed E-state index contributed by atoms with van der Waals surface area (Å²) in [6.45, 7) is 1.72. The maximum absolute atomic E-state index is 11.5. The zero-order valence-corrected chi connectivity index (χ0v) is 11.2. The summed E-state index contributed by atoms with van der Waals surface area (Å²) in [4.78, 5) is 11.5. The highest BCUT2D eigenvalue weighted by Gasteiger charge is 2.27. The van der Waals surface area contributed by atoms with Gasteiger partial charge < -0.3 is 15.4 Å². The molecule has 2 atom stereocenters. The number of sulfone groups is 1. The Kier molecular flexibility index (Phi) is 4.45. The second-order valence-electron chi connectivity index (χ2n) is 5.00. The molecule has 0 aromatic rings. The third-order valence-corrected chi connectivity index (χ3v) is 5.23. The van der Waals surface area contributed by atoms with Crippen LogP contribution in [0.4, 0.5) is 4.79 Å². The first-order valence-corrected chi connectivity index (χ1v) is 8.21. The molecule has 0 bridgehead atoms. The normalized spacial score (nSPS) is 30.2. The van der Waals surface area contributed by atoms with E-state index in [2.05, 4.69) is 10.6 Å². The summed E-state index contributed by atoms with van der Waals surface area (Å²) in [6.07, 6.45) is 2.81. The van der Waals surface area contributed by atoms with Gasteiger partial charge in [0.15, 0.2) is 9.84 Å². The Balaban J connectivity index is 1.60. The average Bonchev–Trinajstić information content (AvgIpc) is 2.93. The fourth-order valence-corrected chi connectivity index (χ4v) is 4.21.